The van der Waals surface area contributed by atoms with Gasteiger partial charge in [0.15, 0.2) is 23.0 Å². The van der Waals surface area contributed by atoms with Crippen LogP contribution < -0.4 is 10.0 Å². The first-order valence-corrected chi connectivity index (χ1v) is 13.7. The molecule has 0 atom stereocenters. The van der Waals surface area contributed by atoms with E-state index in [1.165, 1.54) is 54.6 Å². The summed E-state index contributed by atoms with van der Waals surface area (Å²) in [4.78, 5) is 17.0. The van der Waals surface area contributed by atoms with Crippen LogP contribution >= 0.6 is 11.8 Å². The van der Waals surface area contributed by atoms with Crippen LogP contribution in [-0.2, 0) is 14.8 Å². The van der Waals surface area contributed by atoms with Gasteiger partial charge in [0.1, 0.15) is 11.5 Å². The molecule has 0 aliphatic rings. The number of aryl methyl sites for hydroxylation is 1. The molecule has 194 valence electrons. The molecule has 0 saturated carbocycles. The standard InChI is InChI=1S/C24H20N6O6S2/c1-15-14-20(29-36-15)30-38(32,33)17-8-6-16(7-9-17)25-21(31)10-13-37-24-26-22(18-4-2-11-34-18)23(27-28-24)19-5-3-12-35-19/h2-9,11-12,14H,10,13H2,1H3,(H,25,31)(H,29,30). The number of carbonyl (C=O) groups excluding carboxylic acids is 1. The highest BCUT2D eigenvalue weighted by molar-refractivity contribution is 7.99. The second-order valence-corrected chi connectivity index (χ2v) is 10.6. The van der Waals surface area contributed by atoms with Gasteiger partial charge in [0.05, 0.1) is 17.4 Å². The lowest BCUT2D eigenvalue weighted by Crippen LogP contribution is -2.14. The van der Waals surface area contributed by atoms with E-state index < -0.39 is 10.0 Å². The number of furan rings is 2. The highest BCUT2D eigenvalue weighted by atomic mass is 32.2. The Bertz CT molecular complexity index is 1630. The van der Waals surface area contributed by atoms with Gasteiger partial charge in [-0.3, -0.25) is 9.52 Å². The van der Waals surface area contributed by atoms with Crippen LogP contribution in [0.25, 0.3) is 22.9 Å². The van der Waals surface area contributed by atoms with Gasteiger partial charge in [0.2, 0.25) is 11.1 Å². The molecule has 1 aromatic carbocycles. The van der Waals surface area contributed by atoms with E-state index in [4.69, 9.17) is 13.4 Å². The van der Waals surface area contributed by atoms with Gasteiger partial charge in [0.25, 0.3) is 10.0 Å². The molecule has 0 spiro atoms. The van der Waals surface area contributed by atoms with Gasteiger partial charge < -0.3 is 18.7 Å². The number of amides is 1. The van der Waals surface area contributed by atoms with Crippen molar-refractivity contribution in [3.05, 3.63) is 72.9 Å². The Hall–Kier alpha value is -4.43. The van der Waals surface area contributed by atoms with Crippen LogP contribution in [0.3, 0.4) is 0 Å². The van der Waals surface area contributed by atoms with Crippen molar-refractivity contribution in [3.63, 3.8) is 0 Å². The smallest absolute Gasteiger partial charge is 0.263 e. The predicted octanol–water partition coefficient (Wildman–Crippen LogP) is 4.61. The number of carbonyl (C=O) groups is 1. The van der Waals surface area contributed by atoms with Crippen LogP contribution in [0.4, 0.5) is 11.5 Å². The summed E-state index contributed by atoms with van der Waals surface area (Å²) >= 11 is 1.27. The topological polar surface area (TPSA) is 166 Å². The monoisotopic (exact) mass is 552 g/mol. The summed E-state index contributed by atoms with van der Waals surface area (Å²) in [6.45, 7) is 1.65. The molecule has 38 heavy (non-hydrogen) atoms. The van der Waals surface area contributed by atoms with Crippen molar-refractivity contribution in [2.75, 3.05) is 15.8 Å². The number of thioether (sulfide) groups is 1. The van der Waals surface area contributed by atoms with Crippen molar-refractivity contribution in [1.82, 2.24) is 20.3 Å². The quantitative estimate of drug-likeness (QED) is 0.232. The highest BCUT2D eigenvalue weighted by Crippen LogP contribution is 2.30. The normalized spacial score (nSPS) is 11.4. The summed E-state index contributed by atoms with van der Waals surface area (Å²) in [6.07, 6.45) is 3.24. The second kappa shape index (κ2) is 10.9. The molecular weight excluding hydrogens is 532 g/mol. The molecule has 0 radical (unpaired) electrons. The molecule has 0 aliphatic heterocycles. The SMILES string of the molecule is Cc1cc(NS(=O)(=O)c2ccc(NC(=O)CCSc3nnc(-c4ccco4)c(-c4ccco4)n3)cc2)no1. The zero-order valence-corrected chi connectivity index (χ0v) is 21.5. The summed E-state index contributed by atoms with van der Waals surface area (Å²) in [5, 5.41) is 15.1. The fourth-order valence-electron chi connectivity index (χ4n) is 3.32. The summed E-state index contributed by atoms with van der Waals surface area (Å²) in [5.41, 5.74) is 1.39. The number of benzene rings is 1. The highest BCUT2D eigenvalue weighted by Gasteiger charge is 2.19. The first-order valence-electron chi connectivity index (χ1n) is 11.2. The Labute approximate surface area is 220 Å². The van der Waals surface area contributed by atoms with Crippen molar-refractivity contribution < 1.29 is 26.6 Å². The minimum atomic E-state index is -3.85. The summed E-state index contributed by atoms with van der Waals surface area (Å²) < 4.78 is 43.1. The predicted molar refractivity (Wildman–Crippen MR) is 138 cm³/mol. The Balaban J connectivity index is 1.17. The molecule has 5 rings (SSSR count). The lowest BCUT2D eigenvalue weighted by atomic mass is 10.2. The van der Waals surface area contributed by atoms with Crippen LogP contribution in [-0.4, -0.2) is 40.4 Å². The van der Waals surface area contributed by atoms with Crippen LogP contribution in [0.1, 0.15) is 12.2 Å². The summed E-state index contributed by atoms with van der Waals surface area (Å²) in [7, 11) is -3.85. The Morgan fingerprint density at radius 2 is 1.68 bits per heavy atom. The molecule has 0 saturated heterocycles. The first-order chi connectivity index (χ1) is 18.4. The molecule has 4 aromatic heterocycles. The number of hydrogen-bond acceptors (Lipinski definition) is 11. The largest absolute Gasteiger partial charge is 0.463 e. The lowest BCUT2D eigenvalue weighted by molar-refractivity contribution is -0.115. The molecule has 0 aliphatic carbocycles. The third-order valence-electron chi connectivity index (χ3n) is 5.05. The van der Waals surface area contributed by atoms with Gasteiger partial charge in [-0.05, 0) is 55.5 Å². The van der Waals surface area contributed by atoms with E-state index in [1.54, 1.807) is 31.2 Å². The fraction of sp³-hybridized carbons (Fsp3) is 0.125. The lowest BCUT2D eigenvalue weighted by Gasteiger charge is -2.08. The Morgan fingerprint density at radius 1 is 0.974 bits per heavy atom. The molecule has 0 fully saturated rings. The second-order valence-electron chi connectivity index (χ2n) is 7.85. The third kappa shape index (κ3) is 5.92. The van der Waals surface area contributed by atoms with Gasteiger partial charge >= 0.3 is 0 Å². The van der Waals surface area contributed by atoms with Crippen LogP contribution in [0.5, 0.6) is 0 Å². The first kappa shape index (κ1) is 25.2. The number of hydrogen-bond donors (Lipinski definition) is 2. The third-order valence-corrected chi connectivity index (χ3v) is 7.26. The number of anilines is 2. The molecule has 0 unspecified atom stereocenters. The summed E-state index contributed by atoms with van der Waals surface area (Å²) in [6, 6.07) is 14.3. The minimum absolute atomic E-state index is 0.0155. The average molecular weight is 553 g/mol. The fourth-order valence-corrected chi connectivity index (χ4v) is 5.03. The number of aromatic nitrogens is 4. The molecule has 2 N–H and O–H groups in total. The van der Waals surface area contributed by atoms with E-state index in [0.29, 0.717) is 45.3 Å². The van der Waals surface area contributed by atoms with Crippen LogP contribution in [0.2, 0.25) is 0 Å². The maximum absolute atomic E-state index is 12.5. The zero-order chi connectivity index (χ0) is 26.5. The van der Waals surface area contributed by atoms with E-state index in [-0.39, 0.29) is 23.0 Å². The number of nitrogens with zero attached hydrogens (tertiary/aromatic N) is 4. The maximum atomic E-state index is 12.5. The Morgan fingerprint density at radius 3 is 2.32 bits per heavy atom. The maximum Gasteiger partial charge on any atom is 0.263 e. The van der Waals surface area contributed by atoms with Crippen molar-refractivity contribution in [1.29, 1.82) is 0 Å². The van der Waals surface area contributed by atoms with Gasteiger partial charge in [0, 0.05) is 23.9 Å². The number of rotatable bonds is 10. The van der Waals surface area contributed by atoms with E-state index in [1.807, 2.05) is 0 Å². The molecule has 14 heteroatoms. The van der Waals surface area contributed by atoms with E-state index >= 15 is 0 Å². The van der Waals surface area contributed by atoms with E-state index in [0.717, 1.165) is 0 Å². The average Bonchev–Trinajstić information content (AvgIpc) is 3.68. The number of nitrogens with one attached hydrogen (secondary N) is 2. The van der Waals surface area contributed by atoms with Crippen molar-refractivity contribution in [2.24, 2.45) is 0 Å². The van der Waals surface area contributed by atoms with Gasteiger partial charge in [-0.2, -0.15) is 0 Å². The molecule has 12 nitrogen and oxygen atoms in total. The number of sulfonamides is 1. The van der Waals surface area contributed by atoms with Crippen molar-refractivity contribution in [2.45, 2.75) is 23.4 Å². The van der Waals surface area contributed by atoms with Crippen LogP contribution in [0.15, 0.2) is 90.5 Å². The summed E-state index contributed by atoms with van der Waals surface area (Å²) in [5.74, 6) is 1.72. The molecule has 1 amide bonds. The van der Waals surface area contributed by atoms with Gasteiger partial charge in [-0.15, -0.1) is 10.2 Å². The van der Waals surface area contributed by atoms with E-state index in [9.17, 15) is 13.2 Å². The molecular formula is C24H20N6O6S2. The van der Waals surface area contributed by atoms with Crippen LogP contribution in [0, 0.1) is 6.92 Å². The van der Waals surface area contributed by atoms with Crippen molar-refractivity contribution >= 4 is 39.2 Å². The molecule has 4 heterocycles. The van der Waals surface area contributed by atoms with E-state index in [2.05, 4.69) is 30.4 Å². The van der Waals surface area contributed by atoms with Gasteiger partial charge in [-0.25, -0.2) is 13.4 Å². The molecule has 5 aromatic rings. The molecule has 0 bridgehead atoms. The minimum Gasteiger partial charge on any atom is -0.463 e. The Kier molecular flexibility index (Phi) is 7.24. The van der Waals surface area contributed by atoms with Crippen molar-refractivity contribution in [3.8, 4) is 22.9 Å². The van der Waals surface area contributed by atoms with Gasteiger partial charge in [-0.1, -0.05) is 16.9 Å². The zero-order valence-electron chi connectivity index (χ0n) is 19.8.